The molecule has 0 saturated heterocycles. The van der Waals surface area contributed by atoms with Crippen molar-refractivity contribution < 1.29 is 29.4 Å². The van der Waals surface area contributed by atoms with Gasteiger partial charge < -0.3 is 10.2 Å². The molecule has 0 heterocycles. The summed E-state index contributed by atoms with van der Waals surface area (Å²) in [5.74, 6) is 0. The zero-order valence-electron chi connectivity index (χ0n) is 11.4. The Bertz CT molecular complexity index is 235. The van der Waals surface area contributed by atoms with E-state index in [2.05, 4.69) is 38.3 Å². The van der Waals surface area contributed by atoms with Gasteiger partial charge in [0, 0.05) is 0 Å². The van der Waals surface area contributed by atoms with Gasteiger partial charge in [0.15, 0.2) is 0 Å². The zero-order chi connectivity index (χ0) is 14.1. The fourth-order valence-electron chi connectivity index (χ4n) is 0.972. The molecule has 0 amide bonds. The Morgan fingerprint density at radius 2 is 1.78 bits per heavy atom. The molecule has 0 aromatic heterocycles. The van der Waals surface area contributed by atoms with Gasteiger partial charge >= 0.3 is 59.3 Å². The molecule has 3 heteroatoms. The van der Waals surface area contributed by atoms with Crippen molar-refractivity contribution in [2.24, 2.45) is 0 Å². The van der Waals surface area contributed by atoms with Crippen LogP contribution in [0, 0.1) is 0 Å². The van der Waals surface area contributed by atoms with Crippen molar-refractivity contribution in [3.8, 4) is 0 Å². The molecule has 0 unspecified atom stereocenters. The number of hydrogen-bond acceptors (Lipinski definition) is 2. The third kappa shape index (κ3) is 18.0. The molecule has 1 rings (SSSR count). The molecule has 18 heavy (non-hydrogen) atoms. The van der Waals surface area contributed by atoms with Crippen LogP contribution in [-0.4, -0.2) is 13.2 Å². The van der Waals surface area contributed by atoms with E-state index in [-0.39, 0.29) is 13.2 Å². The van der Waals surface area contributed by atoms with Crippen LogP contribution >= 0.6 is 0 Å². The van der Waals surface area contributed by atoms with Crippen molar-refractivity contribution in [1.29, 1.82) is 0 Å². The van der Waals surface area contributed by atoms with E-state index in [0.29, 0.717) is 32.0 Å². The van der Waals surface area contributed by atoms with Crippen LogP contribution in [-0.2, 0) is 19.2 Å². The second-order valence-electron chi connectivity index (χ2n) is 3.42. The van der Waals surface area contributed by atoms with Crippen molar-refractivity contribution in [1.82, 2.24) is 0 Å². The van der Waals surface area contributed by atoms with Gasteiger partial charge in [-0.3, -0.25) is 0 Å². The van der Waals surface area contributed by atoms with Gasteiger partial charge in [-0.05, 0) is 0 Å². The SMILES string of the molecule is C=CCC[O-].C=CCC[O-].C[CH2][Ti+2][C]1=CC=CC1. The minimum atomic E-state index is -0.0243. The fourth-order valence-corrected chi connectivity index (χ4v) is 2.42. The van der Waals surface area contributed by atoms with Gasteiger partial charge in [0.05, 0.1) is 0 Å². The monoisotopic (exact) mass is 284 g/mol. The molecule has 0 aromatic rings. The third-order valence-electron chi connectivity index (χ3n) is 1.82. The van der Waals surface area contributed by atoms with Gasteiger partial charge in [-0.2, -0.15) is 0 Å². The normalized spacial score (nSPS) is 11.2. The summed E-state index contributed by atoms with van der Waals surface area (Å²) in [7, 11) is 0. The Morgan fingerprint density at radius 1 is 1.22 bits per heavy atom. The van der Waals surface area contributed by atoms with Crippen LogP contribution in [0.4, 0.5) is 0 Å². The molecule has 0 bridgehead atoms. The van der Waals surface area contributed by atoms with Gasteiger partial charge in [-0.25, -0.2) is 0 Å². The molecule has 0 N–H and O–H groups in total. The molecular weight excluding hydrogens is 260 g/mol. The van der Waals surface area contributed by atoms with Gasteiger partial charge in [-0.15, -0.1) is 26.4 Å². The number of hydrogen-bond donors (Lipinski definition) is 0. The summed E-state index contributed by atoms with van der Waals surface area (Å²) >= 11 is 0.306. The molecule has 2 nitrogen and oxygen atoms in total. The Balaban J connectivity index is 0. The van der Waals surface area contributed by atoms with E-state index >= 15 is 0 Å². The average Bonchev–Trinajstić information content (AvgIpc) is 2.86. The van der Waals surface area contributed by atoms with Crippen molar-refractivity contribution in [3.63, 3.8) is 0 Å². The number of allylic oxidation sites excluding steroid dienone is 4. The van der Waals surface area contributed by atoms with E-state index in [0.717, 1.165) is 0 Å². The summed E-state index contributed by atoms with van der Waals surface area (Å²) in [4.78, 5) is 0. The first-order chi connectivity index (χ1) is 8.76. The molecule has 0 aromatic carbocycles. The first kappa shape index (κ1) is 19.9. The molecule has 0 radical (unpaired) electrons. The Hall–Kier alpha value is -0.406. The maximum absolute atomic E-state index is 9.46. The molecule has 1 aliphatic rings. The van der Waals surface area contributed by atoms with E-state index in [1.165, 1.54) is 11.1 Å². The quantitative estimate of drug-likeness (QED) is 0.554. The Morgan fingerprint density at radius 3 is 2.00 bits per heavy atom. The molecule has 100 valence electrons. The summed E-state index contributed by atoms with van der Waals surface area (Å²) in [6.45, 7) is 8.93. The van der Waals surface area contributed by atoms with E-state index in [1.807, 2.05) is 0 Å². The van der Waals surface area contributed by atoms with E-state index in [4.69, 9.17) is 0 Å². The van der Waals surface area contributed by atoms with E-state index in [1.54, 1.807) is 16.0 Å². The zero-order valence-corrected chi connectivity index (χ0v) is 12.9. The van der Waals surface area contributed by atoms with E-state index < -0.39 is 0 Å². The van der Waals surface area contributed by atoms with Crippen LogP contribution < -0.4 is 10.2 Å². The van der Waals surface area contributed by atoms with Gasteiger partial charge in [0.1, 0.15) is 0 Å². The minimum absolute atomic E-state index is 0.0243. The van der Waals surface area contributed by atoms with Crippen LogP contribution in [0.2, 0.25) is 4.73 Å². The van der Waals surface area contributed by atoms with Crippen LogP contribution in [0.1, 0.15) is 26.2 Å². The second kappa shape index (κ2) is 18.9. The molecule has 0 spiro atoms. The summed E-state index contributed by atoms with van der Waals surface area (Å²) in [6.07, 6.45) is 12.4. The first-order valence-corrected chi connectivity index (χ1v) is 8.12. The maximum atomic E-state index is 9.46. The molecule has 0 aliphatic heterocycles. The number of rotatable bonds is 6. The molecule has 0 saturated carbocycles. The summed E-state index contributed by atoms with van der Waals surface area (Å²) in [6, 6.07) is 0. The van der Waals surface area contributed by atoms with Crippen LogP contribution in [0.3, 0.4) is 0 Å². The Kier molecular flexibility index (Phi) is 21.0. The van der Waals surface area contributed by atoms with Crippen LogP contribution in [0.15, 0.2) is 47.4 Å². The topological polar surface area (TPSA) is 46.1 Å². The first-order valence-electron chi connectivity index (χ1n) is 6.24. The molecule has 0 atom stereocenters. The van der Waals surface area contributed by atoms with Crippen molar-refractivity contribution in [2.45, 2.75) is 30.9 Å². The van der Waals surface area contributed by atoms with Crippen molar-refractivity contribution >= 4 is 0 Å². The van der Waals surface area contributed by atoms with Crippen molar-refractivity contribution in [3.05, 3.63) is 47.4 Å². The fraction of sp³-hybridized carbons (Fsp3) is 0.467. The summed E-state index contributed by atoms with van der Waals surface area (Å²) in [5.41, 5.74) is 0. The average molecular weight is 284 g/mol. The van der Waals surface area contributed by atoms with Gasteiger partial charge in [0.25, 0.3) is 0 Å². The third-order valence-corrected chi connectivity index (χ3v) is 3.66. The second-order valence-corrected chi connectivity index (χ2v) is 6.08. The molecule has 0 fully saturated rings. The molecular formula is C15H24O2Ti. The summed E-state index contributed by atoms with van der Waals surface area (Å²) < 4.78 is 3.13. The van der Waals surface area contributed by atoms with Gasteiger partial charge in [0.2, 0.25) is 0 Å². The molecule has 1 aliphatic carbocycles. The van der Waals surface area contributed by atoms with Crippen molar-refractivity contribution in [2.75, 3.05) is 13.2 Å². The van der Waals surface area contributed by atoms with E-state index in [9.17, 15) is 10.2 Å². The predicted molar refractivity (Wildman–Crippen MR) is 71.7 cm³/mol. The standard InChI is InChI=1S/C5H5.2C4H7O.C2H5.Ti/c1-2-4-5-3-1;2*1-2-3-4-5;1-2;/h1-3H,4H2;2*2H,1,3-4H2;1H2,2H3;/q;2*-1;;+2. The summed E-state index contributed by atoms with van der Waals surface area (Å²) in [5, 5.41) is 18.9. The predicted octanol–water partition coefficient (Wildman–Crippen LogP) is 2.20. The Labute approximate surface area is 121 Å². The van der Waals surface area contributed by atoms with Crippen LogP contribution in [0.25, 0.3) is 0 Å². The van der Waals surface area contributed by atoms with Crippen LogP contribution in [0.5, 0.6) is 0 Å². The van der Waals surface area contributed by atoms with Gasteiger partial charge in [-0.1, -0.05) is 25.0 Å².